The highest BCUT2D eigenvalue weighted by Crippen LogP contribution is 2.26. The van der Waals surface area contributed by atoms with E-state index in [9.17, 15) is 14.7 Å². The van der Waals surface area contributed by atoms with Crippen molar-refractivity contribution in [1.82, 2.24) is 5.32 Å². The van der Waals surface area contributed by atoms with Gasteiger partial charge in [0.2, 0.25) is 5.91 Å². The van der Waals surface area contributed by atoms with Crippen LogP contribution in [-0.2, 0) is 9.59 Å². The summed E-state index contributed by atoms with van der Waals surface area (Å²) in [5.74, 6) is -1.18. The molecule has 1 rings (SSSR count). The zero-order chi connectivity index (χ0) is 16.9. The van der Waals surface area contributed by atoms with E-state index in [2.05, 4.69) is 5.32 Å². The quantitative estimate of drug-likeness (QED) is 0.755. The van der Waals surface area contributed by atoms with Gasteiger partial charge < -0.3 is 15.2 Å². The third-order valence-corrected chi connectivity index (χ3v) is 4.51. The molecule has 0 aliphatic rings. The summed E-state index contributed by atoms with van der Waals surface area (Å²) in [6, 6.07) is 6.75. The number of halogens is 1. The summed E-state index contributed by atoms with van der Waals surface area (Å²) in [5, 5.41) is 11.0. The van der Waals surface area contributed by atoms with E-state index in [1.165, 1.54) is 6.92 Å². The Labute approximate surface area is 135 Å². The molecule has 22 heavy (non-hydrogen) atoms. The van der Waals surface area contributed by atoms with Crippen molar-refractivity contribution in [2.75, 3.05) is 7.11 Å². The average Bonchev–Trinajstić information content (AvgIpc) is 2.52. The average molecular weight is 328 g/mol. The van der Waals surface area contributed by atoms with E-state index in [0.29, 0.717) is 17.7 Å². The number of methoxy groups -OCH3 is 1. The van der Waals surface area contributed by atoms with E-state index in [4.69, 9.17) is 16.3 Å². The number of aliphatic carboxylic acids is 1. The predicted octanol–water partition coefficient (Wildman–Crippen LogP) is 2.98. The van der Waals surface area contributed by atoms with Crippen LogP contribution < -0.4 is 10.1 Å². The molecule has 0 aromatic heterocycles. The minimum atomic E-state index is -1.36. The first kappa shape index (κ1) is 18.3. The van der Waals surface area contributed by atoms with Crippen molar-refractivity contribution in [3.8, 4) is 5.75 Å². The molecule has 0 aliphatic carbocycles. The highest BCUT2D eigenvalue weighted by molar-refractivity contribution is 6.31. The number of carbonyl (C=O) groups excluding carboxylic acids is 1. The summed E-state index contributed by atoms with van der Waals surface area (Å²) >= 11 is 6.17. The fourth-order valence-electron chi connectivity index (χ4n) is 2.04. The van der Waals surface area contributed by atoms with Crippen LogP contribution in [0.5, 0.6) is 5.75 Å². The third kappa shape index (κ3) is 3.91. The fourth-order valence-corrected chi connectivity index (χ4v) is 2.24. The largest absolute Gasteiger partial charge is 0.497 e. The van der Waals surface area contributed by atoms with Crippen molar-refractivity contribution < 1.29 is 19.4 Å². The van der Waals surface area contributed by atoms with Crippen LogP contribution >= 0.6 is 11.6 Å². The molecule has 0 radical (unpaired) electrons. The van der Waals surface area contributed by atoms with E-state index in [1.807, 2.05) is 6.92 Å². The van der Waals surface area contributed by atoms with E-state index >= 15 is 0 Å². The van der Waals surface area contributed by atoms with Crippen molar-refractivity contribution in [3.63, 3.8) is 0 Å². The Balaban J connectivity index is 2.91. The van der Waals surface area contributed by atoms with Crippen LogP contribution in [0.15, 0.2) is 24.3 Å². The second kappa shape index (κ2) is 7.49. The Kier molecular flexibility index (Phi) is 6.23. The molecule has 5 nitrogen and oxygen atoms in total. The Hall–Kier alpha value is -1.75. The maximum atomic E-state index is 12.3. The second-order valence-electron chi connectivity index (χ2n) is 5.44. The Morgan fingerprint density at radius 3 is 2.32 bits per heavy atom. The molecule has 0 saturated heterocycles. The first-order valence-electron chi connectivity index (χ1n) is 7.09. The van der Waals surface area contributed by atoms with E-state index in [0.717, 1.165) is 0 Å². The number of alkyl halides is 1. The monoisotopic (exact) mass is 327 g/mol. The van der Waals surface area contributed by atoms with Crippen LogP contribution in [0.3, 0.4) is 0 Å². The molecule has 0 saturated carbocycles. The molecule has 122 valence electrons. The van der Waals surface area contributed by atoms with Crippen molar-refractivity contribution in [2.24, 2.45) is 5.92 Å². The van der Waals surface area contributed by atoms with Crippen molar-refractivity contribution in [3.05, 3.63) is 29.8 Å². The number of hydrogen-bond acceptors (Lipinski definition) is 3. The number of carbonyl (C=O) groups is 2. The minimum absolute atomic E-state index is 0.228. The van der Waals surface area contributed by atoms with Gasteiger partial charge >= 0.3 is 5.97 Å². The highest BCUT2D eigenvalue weighted by atomic mass is 35.5. The number of amides is 1. The van der Waals surface area contributed by atoms with Crippen LogP contribution in [0.2, 0.25) is 0 Å². The number of nitrogens with one attached hydrogen (secondary N) is 1. The Morgan fingerprint density at radius 2 is 1.91 bits per heavy atom. The smallest absolute Gasteiger partial charge is 0.329 e. The van der Waals surface area contributed by atoms with Gasteiger partial charge in [0, 0.05) is 0 Å². The molecule has 1 amide bonds. The summed E-state index contributed by atoms with van der Waals surface area (Å²) in [5.41, 5.74) is -0.775. The zero-order valence-corrected chi connectivity index (χ0v) is 14.0. The predicted molar refractivity (Wildman–Crippen MR) is 85.2 cm³/mol. The van der Waals surface area contributed by atoms with Gasteiger partial charge in [-0.1, -0.05) is 32.4 Å². The second-order valence-corrected chi connectivity index (χ2v) is 5.88. The van der Waals surface area contributed by atoms with Crippen molar-refractivity contribution in [1.29, 1.82) is 0 Å². The molecule has 6 heteroatoms. The number of rotatable bonds is 7. The molecule has 1 aromatic carbocycles. The molecule has 2 N–H and O–H groups in total. The fraction of sp³-hybridized carbons (Fsp3) is 0.500. The summed E-state index contributed by atoms with van der Waals surface area (Å²) in [7, 11) is 1.55. The first-order valence-corrected chi connectivity index (χ1v) is 7.53. The van der Waals surface area contributed by atoms with Crippen LogP contribution in [0.1, 0.15) is 38.1 Å². The molecule has 3 atom stereocenters. The lowest BCUT2D eigenvalue weighted by atomic mass is 9.85. The van der Waals surface area contributed by atoms with Crippen molar-refractivity contribution in [2.45, 2.75) is 38.1 Å². The van der Waals surface area contributed by atoms with Gasteiger partial charge in [0.25, 0.3) is 0 Å². The van der Waals surface area contributed by atoms with E-state index in [-0.39, 0.29) is 5.92 Å². The third-order valence-electron chi connectivity index (χ3n) is 4.06. The SMILES string of the molecule is CCC(C)C(C)(NC(=O)C(Cl)c1ccc(OC)cc1)C(=O)O. The summed E-state index contributed by atoms with van der Waals surface area (Å²) in [6.45, 7) is 5.16. The molecule has 3 unspecified atom stereocenters. The lowest BCUT2D eigenvalue weighted by molar-refractivity contribution is -0.149. The molecular formula is C16H22ClNO4. The van der Waals surface area contributed by atoms with Gasteiger partial charge in [0.15, 0.2) is 0 Å². The van der Waals surface area contributed by atoms with Crippen molar-refractivity contribution >= 4 is 23.5 Å². The molecule has 0 aliphatic heterocycles. The maximum Gasteiger partial charge on any atom is 0.329 e. The number of carboxylic acid groups (broad SMARTS) is 1. The number of carboxylic acids is 1. The molecule has 0 heterocycles. The zero-order valence-electron chi connectivity index (χ0n) is 13.2. The topological polar surface area (TPSA) is 75.6 Å². The Morgan fingerprint density at radius 1 is 1.36 bits per heavy atom. The lowest BCUT2D eigenvalue weighted by Crippen LogP contribution is -2.57. The van der Waals surface area contributed by atoms with Crippen LogP contribution in [-0.4, -0.2) is 29.6 Å². The summed E-state index contributed by atoms with van der Waals surface area (Å²) in [4.78, 5) is 23.8. The minimum Gasteiger partial charge on any atom is -0.497 e. The van der Waals surface area contributed by atoms with Gasteiger partial charge in [-0.25, -0.2) is 4.79 Å². The summed E-state index contributed by atoms with van der Waals surface area (Å²) in [6.07, 6.45) is 0.624. The normalized spacial score (nSPS) is 16.2. The molecule has 1 aromatic rings. The number of benzene rings is 1. The number of ether oxygens (including phenoxy) is 1. The molecule has 0 spiro atoms. The van der Waals surface area contributed by atoms with Gasteiger partial charge in [-0.15, -0.1) is 11.6 Å². The standard InChI is InChI=1S/C16H22ClNO4/c1-5-10(2)16(3,15(20)21)18-14(19)13(17)11-6-8-12(22-4)9-7-11/h6-10,13H,5H2,1-4H3,(H,18,19)(H,20,21). The van der Waals surface area contributed by atoms with E-state index < -0.39 is 22.8 Å². The van der Waals surface area contributed by atoms with E-state index in [1.54, 1.807) is 38.3 Å². The maximum absolute atomic E-state index is 12.3. The van der Waals surface area contributed by atoms with Crippen LogP contribution in [0, 0.1) is 5.92 Å². The summed E-state index contributed by atoms with van der Waals surface area (Å²) < 4.78 is 5.05. The van der Waals surface area contributed by atoms with Gasteiger partial charge in [0.05, 0.1) is 7.11 Å². The van der Waals surface area contributed by atoms with Gasteiger partial charge in [-0.2, -0.15) is 0 Å². The van der Waals surface area contributed by atoms with Crippen LogP contribution in [0.25, 0.3) is 0 Å². The van der Waals surface area contributed by atoms with Gasteiger partial charge in [-0.05, 0) is 30.5 Å². The number of hydrogen-bond donors (Lipinski definition) is 2. The molecular weight excluding hydrogens is 306 g/mol. The van der Waals surface area contributed by atoms with Gasteiger partial charge in [-0.3, -0.25) is 4.79 Å². The molecule has 0 fully saturated rings. The Bertz CT molecular complexity index is 531. The van der Waals surface area contributed by atoms with Gasteiger partial charge in [0.1, 0.15) is 16.7 Å². The van der Waals surface area contributed by atoms with Crippen LogP contribution in [0.4, 0.5) is 0 Å². The first-order chi connectivity index (χ1) is 10.3. The molecule has 0 bridgehead atoms. The highest BCUT2D eigenvalue weighted by Gasteiger charge is 2.40. The lowest BCUT2D eigenvalue weighted by Gasteiger charge is -2.32.